The third kappa shape index (κ3) is 4.66. The molecule has 1 atom stereocenters. The van der Waals surface area contributed by atoms with Crippen molar-refractivity contribution < 1.29 is 13.5 Å². The van der Waals surface area contributed by atoms with Gasteiger partial charge in [0, 0.05) is 18.4 Å². The highest BCUT2D eigenvalue weighted by Gasteiger charge is 2.20. The lowest BCUT2D eigenvalue weighted by Crippen LogP contribution is -2.12. The van der Waals surface area contributed by atoms with Gasteiger partial charge in [0.2, 0.25) is 0 Å². The van der Waals surface area contributed by atoms with Gasteiger partial charge in [-0.3, -0.25) is 0 Å². The molecule has 142 valence electrons. The van der Waals surface area contributed by atoms with Crippen LogP contribution in [0, 0.1) is 18.6 Å². The van der Waals surface area contributed by atoms with Crippen molar-refractivity contribution in [2.45, 2.75) is 44.3 Å². The first kappa shape index (κ1) is 19.4. The van der Waals surface area contributed by atoms with Crippen molar-refractivity contribution in [3.63, 3.8) is 0 Å². The maximum Gasteiger partial charge on any atom is 0.191 e. The van der Waals surface area contributed by atoms with Crippen LogP contribution in [0.25, 0.3) is 0 Å². The van der Waals surface area contributed by atoms with Gasteiger partial charge in [0.25, 0.3) is 0 Å². The third-order valence-electron chi connectivity index (χ3n) is 4.11. The van der Waals surface area contributed by atoms with Crippen molar-refractivity contribution in [1.82, 2.24) is 14.8 Å². The molecule has 0 saturated heterocycles. The third-order valence-corrected chi connectivity index (χ3v) is 5.15. The number of nitrogens with zero attached hydrogens (tertiary/aromatic N) is 3. The lowest BCUT2D eigenvalue weighted by atomic mass is 10.2. The minimum atomic E-state index is -0.738. The second kappa shape index (κ2) is 8.52. The zero-order chi connectivity index (χ0) is 19.4. The predicted octanol–water partition coefficient (Wildman–Crippen LogP) is 5.32. The van der Waals surface area contributed by atoms with Crippen LogP contribution < -0.4 is 4.74 Å². The van der Waals surface area contributed by atoms with Gasteiger partial charge < -0.3 is 9.30 Å². The Bertz CT molecular complexity index is 912. The van der Waals surface area contributed by atoms with Gasteiger partial charge in [-0.25, -0.2) is 8.78 Å². The second-order valence-corrected chi connectivity index (χ2v) is 7.14. The van der Waals surface area contributed by atoms with Crippen LogP contribution in [0.2, 0.25) is 0 Å². The molecule has 27 heavy (non-hydrogen) atoms. The van der Waals surface area contributed by atoms with Crippen molar-refractivity contribution in [3.8, 4) is 5.75 Å². The molecule has 1 heterocycles. The molecule has 1 unspecified atom stereocenters. The number of thioether (sulfide) groups is 1. The normalized spacial score (nSPS) is 12.2. The van der Waals surface area contributed by atoms with Gasteiger partial charge in [-0.15, -0.1) is 10.2 Å². The summed E-state index contributed by atoms with van der Waals surface area (Å²) in [5.41, 5.74) is 2.43. The van der Waals surface area contributed by atoms with Crippen molar-refractivity contribution in [1.29, 1.82) is 0 Å². The summed E-state index contributed by atoms with van der Waals surface area (Å²) in [4.78, 5) is 0. The molecule has 4 nitrogen and oxygen atoms in total. The van der Waals surface area contributed by atoms with Crippen molar-refractivity contribution >= 4 is 11.8 Å². The molecule has 2 aromatic carbocycles. The van der Waals surface area contributed by atoms with Crippen molar-refractivity contribution in [2.75, 3.05) is 0 Å². The van der Waals surface area contributed by atoms with E-state index in [9.17, 15) is 8.78 Å². The molecule has 0 aliphatic heterocycles. The Morgan fingerprint density at radius 1 is 1.11 bits per heavy atom. The highest BCUT2D eigenvalue weighted by atomic mass is 32.2. The van der Waals surface area contributed by atoms with E-state index in [1.165, 1.54) is 23.3 Å². The fourth-order valence-corrected chi connectivity index (χ4v) is 3.62. The Morgan fingerprint density at radius 3 is 2.52 bits per heavy atom. The summed E-state index contributed by atoms with van der Waals surface area (Å²) in [6.07, 6.45) is -0.522. The first-order valence-corrected chi connectivity index (χ1v) is 9.69. The quantitative estimate of drug-likeness (QED) is 0.513. The van der Waals surface area contributed by atoms with Crippen LogP contribution in [0.5, 0.6) is 5.75 Å². The molecule has 0 saturated carbocycles. The van der Waals surface area contributed by atoms with E-state index < -0.39 is 17.7 Å². The lowest BCUT2D eigenvalue weighted by Gasteiger charge is -2.16. The topological polar surface area (TPSA) is 39.9 Å². The van der Waals surface area contributed by atoms with E-state index in [0.29, 0.717) is 12.4 Å². The second-order valence-electron chi connectivity index (χ2n) is 6.19. The molecule has 0 fully saturated rings. The van der Waals surface area contributed by atoms with Crippen LogP contribution in [0.15, 0.2) is 47.6 Å². The molecule has 0 aliphatic carbocycles. The average molecular weight is 389 g/mol. The largest absolute Gasteiger partial charge is 0.480 e. The first-order chi connectivity index (χ1) is 13.0. The Labute approximate surface area is 161 Å². The lowest BCUT2D eigenvalue weighted by molar-refractivity contribution is 0.200. The Hall–Kier alpha value is -2.41. The van der Waals surface area contributed by atoms with Crippen LogP contribution in [0.3, 0.4) is 0 Å². The minimum Gasteiger partial charge on any atom is -0.480 e. The van der Waals surface area contributed by atoms with E-state index in [4.69, 9.17) is 4.74 Å². The van der Waals surface area contributed by atoms with E-state index in [1.54, 1.807) is 18.7 Å². The van der Waals surface area contributed by atoms with E-state index >= 15 is 0 Å². The van der Waals surface area contributed by atoms with E-state index in [2.05, 4.69) is 41.4 Å². The monoisotopic (exact) mass is 389 g/mol. The first-order valence-electron chi connectivity index (χ1n) is 8.71. The SMILES string of the molecule is CCn1c(SCc2ccc(C)cc2)nnc1C(C)Oc1ccc(F)cc1F. The summed E-state index contributed by atoms with van der Waals surface area (Å²) < 4.78 is 34.5. The molecule has 0 N–H and O–H groups in total. The highest BCUT2D eigenvalue weighted by Crippen LogP contribution is 2.28. The number of benzene rings is 2. The van der Waals surface area contributed by atoms with Gasteiger partial charge in [-0.2, -0.15) is 0 Å². The van der Waals surface area contributed by atoms with Crippen LogP contribution in [0.4, 0.5) is 8.78 Å². The molecule has 3 rings (SSSR count). The highest BCUT2D eigenvalue weighted by molar-refractivity contribution is 7.98. The smallest absolute Gasteiger partial charge is 0.191 e. The van der Waals surface area contributed by atoms with Crippen molar-refractivity contribution in [2.24, 2.45) is 0 Å². The molecule has 0 bridgehead atoms. The van der Waals surface area contributed by atoms with Crippen LogP contribution in [-0.2, 0) is 12.3 Å². The molecule has 3 aromatic rings. The number of rotatable bonds is 7. The number of halogens is 2. The van der Waals surface area contributed by atoms with E-state index in [0.717, 1.165) is 17.0 Å². The number of ether oxygens (including phenoxy) is 1. The van der Waals surface area contributed by atoms with Gasteiger partial charge >= 0.3 is 0 Å². The fourth-order valence-electron chi connectivity index (χ4n) is 2.65. The summed E-state index contributed by atoms with van der Waals surface area (Å²) in [6, 6.07) is 11.6. The van der Waals surface area contributed by atoms with Gasteiger partial charge in [-0.1, -0.05) is 41.6 Å². The number of hydrogen-bond acceptors (Lipinski definition) is 4. The van der Waals surface area contributed by atoms with Gasteiger partial charge in [-0.05, 0) is 38.5 Å². The minimum absolute atomic E-state index is 0.0107. The Balaban J connectivity index is 1.73. The maximum absolute atomic E-state index is 13.8. The Kier molecular flexibility index (Phi) is 6.11. The molecule has 1 aromatic heterocycles. The van der Waals surface area contributed by atoms with Crippen molar-refractivity contribution in [3.05, 3.63) is 71.1 Å². The van der Waals surface area contributed by atoms with Gasteiger partial charge in [0.1, 0.15) is 5.82 Å². The van der Waals surface area contributed by atoms with Crippen LogP contribution >= 0.6 is 11.8 Å². The van der Waals surface area contributed by atoms with Crippen LogP contribution in [-0.4, -0.2) is 14.8 Å². The van der Waals surface area contributed by atoms with Crippen LogP contribution in [0.1, 0.15) is 36.9 Å². The van der Waals surface area contributed by atoms with E-state index in [1.807, 2.05) is 11.5 Å². The maximum atomic E-state index is 13.8. The number of aryl methyl sites for hydroxylation is 1. The average Bonchev–Trinajstić information content (AvgIpc) is 3.06. The molecule has 0 aliphatic rings. The molecular weight excluding hydrogens is 368 g/mol. The molecule has 7 heteroatoms. The standard InChI is InChI=1S/C20H21F2N3OS/c1-4-25-19(14(3)26-18-10-9-16(21)11-17(18)22)23-24-20(25)27-12-15-7-5-13(2)6-8-15/h5-11,14H,4,12H2,1-3H3. The fraction of sp³-hybridized carbons (Fsp3) is 0.300. The summed E-state index contributed by atoms with van der Waals surface area (Å²) in [6.45, 7) is 6.49. The summed E-state index contributed by atoms with van der Waals surface area (Å²) in [5, 5.41) is 9.27. The molecule has 0 amide bonds. The number of hydrogen-bond donors (Lipinski definition) is 0. The summed E-state index contributed by atoms with van der Waals surface area (Å²) in [5.74, 6) is -0.00583. The predicted molar refractivity (Wildman–Crippen MR) is 102 cm³/mol. The molecular formula is C20H21F2N3OS. The number of aromatic nitrogens is 3. The zero-order valence-corrected chi connectivity index (χ0v) is 16.3. The van der Waals surface area contributed by atoms with E-state index in [-0.39, 0.29) is 5.75 Å². The summed E-state index contributed by atoms with van der Waals surface area (Å²) >= 11 is 1.59. The molecule has 0 radical (unpaired) electrons. The van der Waals surface area contributed by atoms with Gasteiger partial charge in [0.15, 0.2) is 28.7 Å². The molecule has 0 spiro atoms. The zero-order valence-electron chi connectivity index (χ0n) is 15.4. The van der Waals surface area contributed by atoms with Gasteiger partial charge in [0.05, 0.1) is 0 Å². The summed E-state index contributed by atoms with van der Waals surface area (Å²) in [7, 11) is 0. The Morgan fingerprint density at radius 2 is 1.85 bits per heavy atom.